The van der Waals surface area contributed by atoms with Crippen molar-refractivity contribution in [3.05, 3.63) is 60.8 Å². The largest absolute Gasteiger partial charge is 0.0991 e. The van der Waals surface area contributed by atoms with E-state index in [1.165, 1.54) is 5.57 Å². The quantitative estimate of drug-likeness (QED) is 0.549. The fourth-order valence-electron chi connectivity index (χ4n) is 0.663. The average Bonchev–Trinajstić information content (AvgIpc) is 2.10. The van der Waals surface area contributed by atoms with Crippen LogP contribution in [-0.2, 0) is 0 Å². The highest BCUT2D eigenvalue weighted by Gasteiger charge is 1.87. The SMILES string of the molecule is C=C/C=C\C(=C)/C(C)=C/C=C\C. The first-order valence-electron chi connectivity index (χ1n) is 4.00. The van der Waals surface area contributed by atoms with Crippen molar-refractivity contribution >= 4 is 0 Å². The third-order valence-corrected chi connectivity index (χ3v) is 1.48. The first kappa shape index (κ1) is 10.7. The van der Waals surface area contributed by atoms with Gasteiger partial charge in [0.25, 0.3) is 0 Å². The predicted molar refractivity (Wildman–Crippen MR) is 57.0 cm³/mol. The molecular formula is C12H16. The Morgan fingerprint density at radius 3 is 2.42 bits per heavy atom. The van der Waals surface area contributed by atoms with E-state index < -0.39 is 0 Å². The van der Waals surface area contributed by atoms with Gasteiger partial charge >= 0.3 is 0 Å². The lowest BCUT2D eigenvalue weighted by atomic mass is 10.1. The third kappa shape index (κ3) is 4.51. The minimum Gasteiger partial charge on any atom is -0.0991 e. The lowest BCUT2D eigenvalue weighted by molar-refractivity contribution is 1.44. The molecule has 0 fully saturated rings. The summed E-state index contributed by atoms with van der Waals surface area (Å²) in [4.78, 5) is 0. The molecule has 0 atom stereocenters. The van der Waals surface area contributed by atoms with Crippen molar-refractivity contribution in [1.29, 1.82) is 0 Å². The van der Waals surface area contributed by atoms with E-state index in [0.717, 1.165) is 5.57 Å². The molecule has 64 valence electrons. The summed E-state index contributed by atoms with van der Waals surface area (Å²) < 4.78 is 0. The Morgan fingerprint density at radius 1 is 1.25 bits per heavy atom. The monoisotopic (exact) mass is 160 g/mol. The summed E-state index contributed by atoms with van der Waals surface area (Å²) in [6.45, 7) is 11.5. The van der Waals surface area contributed by atoms with E-state index in [1.807, 2.05) is 44.2 Å². The second-order valence-corrected chi connectivity index (χ2v) is 2.50. The summed E-state index contributed by atoms with van der Waals surface area (Å²) in [5.74, 6) is 0. The molecule has 0 unspecified atom stereocenters. The van der Waals surface area contributed by atoms with Gasteiger partial charge in [-0.2, -0.15) is 0 Å². The molecule has 0 aliphatic carbocycles. The second kappa shape index (κ2) is 6.41. The summed E-state index contributed by atoms with van der Waals surface area (Å²) in [6.07, 6.45) is 11.6. The van der Waals surface area contributed by atoms with Gasteiger partial charge in [0.05, 0.1) is 0 Å². The first-order chi connectivity index (χ1) is 5.72. The second-order valence-electron chi connectivity index (χ2n) is 2.50. The first-order valence-corrected chi connectivity index (χ1v) is 4.00. The Kier molecular flexibility index (Phi) is 5.72. The summed E-state index contributed by atoms with van der Waals surface area (Å²) in [6, 6.07) is 0. The Hall–Kier alpha value is -1.30. The maximum atomic E-state index is 3.91. The minimum absolute atomic E-state index is 1.02. The average molecular weight is 160 g/mol. The van der Waals surface area contributed by atoms with E-state index >= 15 is 0 Å². The molecule has 0 saturated heterocycles. The summed E-state index contributed by atoms with van der Waals surface area (Å²) in [7, 11) is 0. The van der Waals surface area contributed by atoms with Gasteiger partial charge in [0.2, 0.25) is 0 Å². The Morgan fingerprint density at radius 2 is 1.92 bits per heavy atom. The van der Waals surface area contributed by atoms with Gasteiger partial charge < -0.3 is 0 Å². The van der Waals surface area contributed by atoms with Crippen molar-refractivity contribution in [2.24, 2.45) is 0 Å². The van der Waals surface area contributed by atoms with Crippen LogP contribution in [0.1, 0.15) is 13.8 Å². The molecule has 12 heavy (non-hydrogen) atoms. The van der Waals surface area contributed by atoms with Crippen LogP contribution in [0.15, 0.2) is 60.8 Å². The van der Waals surface area contributed by atoms with Gasteiger partial charge in [-0.1, -0.05) is 49.6 Å². The fourth-order valence-corrected chi connectivity index (χ4v) is 0.663. The summed E-state index contributed by atoms with van der Waals surface area (Å²) >= 11 is 0. The molecule has 0 rings (SSSR count). The van der Waals surface area contributed by atoms with Gasteiger partial charge in [-0.25, -0.2) is 0 Å². The predicted octanol–water partition coefficient (Wildman–Crippen LogP) is 3.81. The molecule has 0 saturated carbocycles. The summed E-state index contributed by atoms with van der Waals surface area (Å²) in [5, 5.41) is 0. The highest BCUT2D eigenvalue weighted by Crippen LogP contribution is 2.07. The fraction of sp³-hybridized carbons (Fsp3) is 0.167. The van der Waals surface area contributed by atoms with Gasteiger partial charge in [-0.05, 0) is 25.0 Å². The highest BCUT2D eigenvalue weighted by molar-refractivity contribution is 5.38. The zero-order chi connectivity index (χ0) is 9.40. The van der Waals surface area contributed by atoms with Crippen LogP contribution in [0.5, 0.6) is 0 Å². The molecule has 0 N–H and O–H groups in total. The van der Waals surface area contributed by atoms with Gasteiger partial charge in [-0.3, -0.25) is 0 Å². The van der Waals surface area contributed by atoms with Crippen LogP contribution >= 0.6 is 0 Å². The molecule has 0 spiro atoms. The van der Waals surface area contributed by atoms with Crippen molar-refractivity contribution < 1.29 is 0 Å². The summed E-state index contributed by atoms with van der Waals surface area (Å²) in [5.41, 5.74) is 2.19. The Bertz CT molecular complexity index is 237. The third-order valence-electron chi connectivity index (χ3n) is 1.48. The van der Waals surface area contributed by atoms with Crippen LogP contribution in [0.25, 0.3) is 0 Å². The smallest absolute Gasteiger partial charge is 0.0299 e. The maximum Gasteiger partial charge on any atom is -0.0299 e. The molecule has 0 heteroatoms. The van der Waals surface area contributed by atoms with Crippen LogP contribution < -0.4 is 0 Å². The van der Waals surface area contributed by atoms with Crippen LogP contribution in [0.4, 0.5) is 0 Å². The van der Waals surface area contributed by atoms with E-state index in [4.69, 9.17) is 0 Å². The van der Waals surface area contributed by atoms with Gasteiger partial charge in [0.15, 0.2) is 0 Å². The molecule has 0 aliphatic heterocycles. The molecule has 0 aliphatic rings. The van der Waals surface area contributed by atoms with Crippen molar-refractivity contribution in [3.63, 3.8) is 0 Å². The topological polar surface area (TPSA) is 0 Å². The van der Waals surface area contributed by atoms with E-state index in [-0.39, 0.29) is 0 Å². The zero-order valence-electron chi connectivity index (χ0n) is 7.88. The van der Waals surface area contributed by atoms with Crippen LogP contribution in [0.2, 0.25) is 0 Å². The molecule has 0 amide bonds. The highest BCUT2D eigenvalue weighted by atomic mass is 13.9. The lowest BCUT2D eigenvalue weighted by Crippen LogP contribution is -1.76. The molecule has 0 radical (unpaired) electrons. The van der Waals surface area contributed by atoms with Gasteiger partial charge in [-0.15, -0.1) is 0 Å². The van der Waals surface area contributed by atoms with Crippen molar-refractivity contribution in [2.75, 3.05) is 0 Å². The minimum atomic E-state index is 1.02. The van der Waals surface area contributed by atoms with E-state index in [1.54, 1.807) is 6.08 Å². The molecule has 0 aromatic carbocycles. The molecule has 0 nitrogen and oxygen atoms in total. The van der Waals surface area contributed by atoms with E-state index in [9.17, 15) is 0 Å². The van der Waals surface area contributed by atoms with Crippen molar-refractivity contribution in [2.45, 2.75) is 13.8 Å². The normalized spacial score (nSPS) is 12.7. The van der Waals surface area contributed by atoms with Gasteiger partial charge in [0.1, 0.15) is 0 Å². The maximum absolute atomic E-state index is 3.91. The standard InChI is InChI=1S/C12H16/c1-5-7-9-11(3)12(4)10-8-6-2/h5-10H,1,3H2,2,4H3/b8-6-,9-7-,12-10+. The number of hydrogen-bond donors (Lipinski definition) is 0. The Balaban J connectivity index is 4.28. The molecule has 0 aromatic heterocycles. The number of hydrogen-bond acceptors (Lipinski definition) is 0. The zero-order valence-corrected chi connectivity index (χ0v) is 7.88. The van der Waals surface area contributed by atoms with Crippen LogP contribution in [0, 0.1) is 0 Å². The van der Waals surface area contributed by atoms with Crippen molar-refractivity contribution in [1.82, 2.24) is 0 Å². The number of rotatable bonds is 4. The van der Waals surface area contributed by atoms with Crippen LogP contribution in [-0.4, -0.2) is 0 Å². The van der Waals surface area contributed by atoms with Crippen molar-refractivity contribution in [3.8, 4) is 0 Å². The number of allylic oxidation sites excluding steroid dienone is 8. The molecule has 0 bridgehead atoms. The van der Waals surface area contributed by atoms with Crippen LogP contribution in [0.3, 0.4) is 0 Å². The van der Waals surface area contributed by atoms with E-state index in [2.05, 4.69) is 13.2 Å². The molecular weight excluding hydrogens is 144 g/mol. The van der Waals surface area contributed by atoms with E-state index in [0.29, 0.717) is 0 Å². The van der Waals surface area contributed by atoms with Gasteiger partial charge in [0, 0.05) is 0 Å². The lowest BCUT2D eigenvalue weighted by Gasteiger charge is -1.96. The Labute approximate surface area is 75.3 Å². The molecule has 0 heterocycles. The molecule has 0 aromatic rings.